The molecule has 1 heterocycles. The van der Waals surface area contributed by atoms with Crippen molar-refractivity contribution in [2.24, 2.45) is 0 Å². The van der Waals surface area contributed by atoms with Gasteiger partial charge in [0.25, 0.3) is 5.91 Å². The molecule has 0 aliphatic carbocycles. The van der Waals surface area contributed by atoms with Crippen molar-refractivity contribution in [2.75, 3.05) is 0 Å². The number of nitrogens with one attached hydrogen (secondary N) is 2. The summed E-state index contributed by atoms with van der Waals surface area (Å²) >= 11 is 0. The van der Waals surface area contributed by atoms with Crippen molar-refractivity contribution < 1.29 is 19.1 Å². The van der Waals surface area contributed by atoms with Crippen molar-refractivity contribution in [2.45, 2.75) is 65.4 Å². The fourth-order valence-electron chi connectivity index (χ4n) is 2.63. The van der Waals surface area contributed by atoms with E-state index >= 15 is 0 Å². The second-order valence-electron chi connectivity index (χ2n) is 5.73. The van der Waals surface area contributed by atoms with Crippen LogP contribution in [0.1, 0.15) is 67.8 Å². The van der Waals surface area contributed by atoms with Gasteiger partial charge in [0.15, 0.2) is 0 Å². The van der Waals surface area contributed by atoms with Crippen LogP contribution < -0.4 is 10.9 Å². The molecule has 1 aromatic heterocycles. The summed E-state index contributed by atoms with van der Waals surface area (Å²) in [5.74, 6) is 0.291. The average molecular weight is 310 g/mol. The molecule has 6 nitrogen and oxygen atoms in total. The molecule has 2 amide bonds. The Morgan fingerprint density at radius 2 is 1.77 bits per heavy atom. The SMILES string of the molecule is CCCC(O)(CCC)CC(=O)NNC(=O)c1cc(C)oc1C. The van der Waals surface area contributed by atoms with Gasteiger partial charge in [-0.1, -0.05) is 26.7 Å². The molecule has 0 saturated heterocycles. The molecule has 0 aliphatic rings. The Labute approximate surface area is 131 Å². The van der Waals surface area contributed by atoms with Crippen LogP contribution in [0.2, 0.25) is 0 Å². The summed E-state index contributed by atoms with van der Waals surface area (Å²) in [4.78, 5) is 23.9. The summed E-state index contributed by atoms with van der Waals surface area (Å²) < 4.78 is 5.27. The molecule has 0 radical (unpaired) electrons. The van der Waals surface area contributed by atoms with E-state index in [0.717, 1.165) is 12.8 Å². The van der Waals surface area contributed by atoms with E-state index in [1.54, 1.807) is 19.9 Å². The van der Waals surface area contributed by atoms with Crippen molar-refractivity contribution in [3.63, 3.8) is 0 Å². The Morgan fingerprint density at radius 1 is 1.18 bits per heavy atom. The summed E-state index contributed by atoms with van der Waals surface area (Å²) in [6.45, 7) is 7.36. The number of hydrazine groups is 1. The van der Waals surface area contributed by atoms with Crippen LogP contribution in [0.4, 0.5) is 0 Å². The number of furan rings is 1. The molecule has 0 saturated carbocycles. The lowest BCUT2D eigenvalue weighted by Gasteiger charge is -2.26. The molecule has 22 heavy (non-hydrogen) atoms. The number of carbonyl (C=O) groups excluding carboxylic acids is 2. The van der Waals surface area contributed by atoms with Crippen LogP contribution in [0.3, 0.4) is 0 Å². The fraction of sp³-hybridized carbons (Fsp3) is 0.625. The van der Waals surface area contributed by atoms with Crippen molar-refractivity contribution in [3.05, 3.63) is 23.2 Å². The minimum absolute atomic E-state index is 0.0294. The van der Waals surface area contributed by atoms with E-state index in [1.807, 2.05) is 13.8 Å². The summed E-state index contributed by atoms with van der Waals surface area (Å²) in [7, 11) is 0. The summed E-state index contributed by atoms with van der Waals surface area (Å²) in [5.41, 5.74) is 4.07. The number of carbonyl (C=O) groups is 2. The first kappa shape index (κ1) is 18.2. The Balaban J connectivity index is 2.55. The average Bonchev–Trinajstić information content (AvgIpc) is 2.75. The van der Waals surface area contributed by atoms with Crippen LogP contribution >= 0.6 is 0 Å². The lowest BCUT2D eigenvalue weighted by Crippen LogP contribution is -2.45. The minimum atomic E-state index is -1.01. The molecular formula is C16H26N2O4. The zero-order valence-corrected chi connectivity index (χ0v) is 13.8. The molecule has 1 aromatic rings. The molecule has 0 unspecified atom stereocenters. The van der Waals surface area contributed by atoms with Crippen LogP contribution in [-0.4, -0.2) is 22.5 Å². The molecule has 3 N–H and O–H groups in total. The lowest BCUT2D eigenvalue weighted by molar-refractivity contribution is -0.127. The lowest BCUT2D eigenvalue weighted by atomic mass is 9.89. The minimum Gasteiger partial charge on any atom is -0.466 e. The predicted molar refractivity (Wildman–Crippen MR) is 83.2 cm³/mol. The largest absolute Gasteiger partial charge is 0.466 e. The normalized spacial score (nSPS) is 11.3. The molecule has 0 aromatic carbocycles. The maximum absolute atomic E-state index is 12.0. The summed E-state index contributed by atoms with van der Waals surface area (Å²) in [5, 5.41) is 10.4. The smallest absolute Gasteiger partial charge is 0.273 e. The van der Waals surface area contributed by atoms with Crippen LogP contribution in [0.5, 0.6) is 0 Å². The van der Waals surface area contributed by atoms with Gasteiger partial charge in [0.05, 0.1) is 17.6 Å². The van der Waals surface area contributed by atoms with Gasteiger partial charge in [-0.05, 0) is 32.8 Å². The molecule has 1 rings (SSSR count). The molecule has 0 fully saturated rings. The molecule has 124 valence electrons. The van der Waals surface area contributed by atoms with Gasteiger partial charge < -0.3 is 9.52 Å². The fourth-order valence-corrected chi connectivity index (χ4v) is 2.63. The van der Waals surface area contributed by atoms with E-state index in [1.165, 1.54) is 0 Å². The zero-order valence-electron chi connectivity index (χ0n) is 13.8. The Hall–Kier alpha value is -1.82. The van der Waals surface area contributed by atoms with Gasteiger partial charge in [0.2, 0.25) is 5.91 Å². The second kappa shape index (κ2) is 7.98. The van der Waals surface area contributed by atoms with Gasteiger partial charge in [0.1, 0.15) is 11.5 Å². The van der Waals surface area contributed by atoms with Gasteiger partial charge in [-0.3, -0.25) is 20.4 Å². The molecule has 6 heteroatoms. The van der Waals surface area contributed by atoms with Gasteiger partial charge in [-0.15, -0.1) is 0 Å². The summed E-state index contributed by atoms with van der Waals surface area (Å²) in [6, 6.07) is 1.61. The molecular weight excluding hydrogens is 284 g/mol. The van der Waals surface area contributed by atoms with Gasteiger partial charge in [0, 0.05) is 0 Å². The van der Waals surface area contributed by atoms with E-state index in [-0.39, 0.29) is 6.42 Å². The predicted octanol–water partition coefficient (Wildman–Crippen LogP) is 2.38. The summed E-state index contributed by atoms with van der Waals surface area (Å²) in [6.07, 6.45) is 2.68. The molecule has 0 aliphatic heterocycles. The highest BCUT2D eigenvalue weighted by Gasteiger charge is 2.28. The highest BCUT2D eigenvalue weighted by atomic mass is 16.3. The first-order valence-electron chi connectivity index (χ1n) is 7.70. The third-order valence-corrected chi connectivity index (χ3v) is 3.52. The molecule has 0 spiro atoms. The van der Waals surface area contributed by atoms with Crippen molar-refractivity contribution in [3.8, 4) is 0 Å². The second-order valence-corrected chi connectivity index (χ2v) is 5.73. The number of amides is 2. The Bertz CT molecular complexity index is 516. The van der Waals surface area contributed by atoms with E-state index in [0.29, 0.717) is 29.9 Å². The highest BCUT2D eigenvalue weighted by molar-refractivity contribution is 5.96. The number of aryl methyl sites for hydroxylation is 2. The third kappa shape index (κ3) is 5.18. The maximum Gasteiger partial charge on any atom is 0.273 e. The number of hydrogen-bond acceptors (Lipinski definition) is 4. The highest BCUT2D eigenvalue weighted by Crippen LogP contribution is 2.23. The van der Waals surface area contributed by atoms with E-state index < -0.39 is 17.4 Å². The molecule has 0 bridgehead atoms. The van der Waals surface area contributed by atoms with E-state index in [2.05, 4.69) is 10.9 Å². The third-order valence-electron chi connectivity index (χ3n) is 3.52. The first-order valence-corrected chi connectivity index (χ1v) is 7.70. The quantitative estimate of drug-likeness (QED) is 0.674. The van der Waals surface area contributed by atoms with E-state index in [4.69, 9.17) is 4.42 Å². The Morgan fingerprint density at radius 3 is 2.23 bits per heavy atom. The maximum atomic E-state index is 12.0. The van der Waals surface area contributed by atoms with Gasteiger partial charge in [-0.2, -0.15) is 0 Å². The zero-order chi connectivity index (χ0) is 16.8. The topological polar surface area (TPSA) is 91.6 Å². The Kier molecular flexibility index (Phi) is 6.61. The van der Waals surface area contributed by atoms with Crippen LogP contribution in [0, 0.1) is 13.8 Å². The first-order chi connectivity index (χ1) is 10.3. The van der Waals surface area contributed by atoms with Gasteiger partial charge in [-0.25, -0.2) is 0 Å². The van der Waals surface area contributed by atoms with Crippen LogP contribution in [0.25, 0.3) is 0 Å². The van der Waals surface area contributed by atoms with E-state index in [9.17, 15) is 14.7 Å². The van der Waals surface area contributed by atoms with Crippen molar-refractivity contribution in [1.82, 2.24) is 10.9 Å². The van der Waals surface area contributed by atoms with Crippen LogP contribution in [-0.2, 0) is 4.79 Å². The number of rotatable bonds is 7. The van der Waals surface area contributed by atoms with Gasteiger partial charge >= 0.3 is 0 Å². The standard InChI is InChI=1S/C16H26N2O4/c1-5-7-16(21,8-6-2)10-14(19)17-18-15(20)13-9-11(3)22-12(13)4/h9,21H,5-8,10H2,1-4H3,(H,17,19)(H,18,20). The molecule has 0 atom stereocenters. The number of hydrogen-bond donors (Lipinski definition) is 3. The monoisotopic (exact) mass is 310 g/mol. The van der Waals surface area contributed by atoms with Crippen molar-refractivity contribution >= 4 is 11.8 Å². The number of aliphatic hydroxyl groups is 1. The van der Waals surface area contributed by atoms with Crippen molar-refractivity contribution in [1.29, 1.82) is 0 Å². The van der Waals surface area contributed by atoms with Crippen LogP contribution in [0.15, 0.2) is 10.5 Å².